The number of nitrogens with zero attached hydrogens (tertiary/aromatic N) is 3. The Morgan fingerprint density at radius 2 is 1.50 bits per heavy atom. The highest BCUT2D eigenvalue weighted by Crippen LogP contribution is 2.18. The second kappa shape index (κ2) is 7.10. The van der Waals surface area contributed by atoms with Crippen LogP contribution in [0.15, 0.2) is 75.2 Å². The highest BCUT2D eigenvalue weighted by Gasteiger charge is 2.20. The molecule has 7 heteroatoms. The molecule has 2 aromatic carbocycles. The first-order valence-electron chi connectivity index (χ1n) is 7.94. The van der Waals surface area contributed by atoms with Crippen molar-refractivity contribution in [2.75, 3.05) is 5.32 Å². The van der Waals surface area contributed by atoms with Gasteiger partial charge >= 0.3 is 5.69 Å². The van der Waals surface area contributed by atoms with E-state index in [1.165, 1.54) is 14.1 Å². The molecule has 0 saturated carbocycles. The van der Waals surface area contributed by atoms with Crippen LogP contribution in [-0.2, 0) is 14.1 Å². The van der Waals surface area contributed by atoms with Gasteiger partial charge in [0.05, 0.1) is 5.69 Å². The van der Waals surface area contributed by atoms with Crippen molar-refractivity contribution in [1.82, 2.24) is 9.13 Å². The number of nitrogens with one attached hydrogen (secondary N) is 1. The SMILES string of the molecule is Cn1c(O)c(C(=Nc2ccccc2)Nc2ccccc2)c(=O)n(C)c1=O. The minimum absolute atomic E-state index is 0.0812. The van der Waals surface area contributed by atoms with E-state index in [1.54, 1.807) is 12.1 Å². The number of aromatic hydroxyl groups is 1. The molecule has 132 valence electrons. The Morgan fingerprint density at radius 3 is 2.12 bits per heavy atom. The monoisotopic (exact) mass is 350 g/mol. The van der Waals surface area contributed by atoms with Crippen LogP contribution in [0.5, 0.6) is 5.88 Å². The van der Waals surface area contributed by atoms with Crippen molar-refractivity contribution in [2.24, 2.45) is 19.1 Å². The van der Waals surface area contributed by atoms with Gasteiger partial charge in [-0.1, -0.05) is 36.4 Å². The highest BCUT2D eigenvalue weighted by atomic mass is 16.3. The quantitative estimate of drug-likeness (QED) is 0.558. The third kappa shape index (κ3) is 3.27. The Balaban J connectivity index is 2.24. The predicted octanol–water partition coefficient (Wildman–Crippen LogP) is 1.98. The van der Waals surface area contributed by atoms with E-state index in [9.17, 15) is 14.7 Å². The minimum Gasteiger partial charge on any atom is -0.494 e. The normalized spacial score (nSPS) is 11.4. The first-order valence-corrected chi connectivity index (χ1v) is 7.94. The van der Waals surface area contributed by atoms with Crippen molar-refractivity contribution in [2.45, 2.75) is 0 Å². The second-order valence-electron chi connectivity index (χ2n) is 5.69. The summed E-state index contributed by atoms with van der Waals surface area (Å²) in [6.07, 6.45) is 0. The smallest absolute Gasteiger partial charge is 0.333 e. The molecular weight excluding hydrogens is 332 g/mol. The molecule has 3 aromatic rings. The third-order valence-electron chi connectivity index (χ3n) is 3.90. The van der Waals surface area contributed by atoms with Gasteiger partial charge in [-0.05, 0) is 24.3 Å². The fraction of sp³-hybridized carbons (Fsp3) is 0.105. The predicted molar refractivity (Wildman–Crippen MR) is 101 cm³/mol. The van der Waals surface area contributed by atoms with Crippen LogP contribution in [0.3, 0.4) is 0 Å². The fourth-order valence-corrected chi connectivity index (χ4v) is 2.48. The molecule has 0 aliphatic rings. The van der Waals surface area contributed by atoms with Crippen LogP contribution >= 0.6 is 0 Å². The summed E-state index contributed by atoms with van der Waals surface area (Å²) in [4.78, 5) is 29.1. The molecule has 0 radical (unpaired) electrons. The zero-order valence-electron chi connectivity index (χ0n) is 14.4. The van der Waals surface area contributed by atoms with E-state index in [0.29, 0.717) is 11.4 Å². The molecule has 0 saturated heterocycles. The lowest BCUT2D eigenvalue weighted by Gasteiger charge is -2.14. The number of amidine groups is 1. The van der Waals surface area contributed by atoms with Crippen LogP contribution in [0.2, 0.25) is 0 Å². The minimum atomic E-state index is -0.635. The summed E-state index contributed by atoms with van der Waals surface area (Å²) < 4.78 is 1.94. The van der Waals surface area contributed by atoms with Crippen LogP contribution in [0.25, 0.3) is 0 Å². The van der Waals surface area contributed by atoms with Crippen LogP contribution in [0, 0.1) is 0 Å². The lowest BCUT2D eigenvalue weighted by molar-refractivity contribution is 0.410. The first-order chi connectivity index (χ1) is 12.5. The summed E-state index contributed by atoms with van der Waals surface area (Å²) in [5.41, 5.74) is -0.0419. The molecule has 0 spiro atoms. The molecule has 0 unspecified atom stereocenters. The summed E-state index contributed by atoms with van der Waals surface area (Å²) in [6.45, 7) is 0. The van der Waals surface area contributed by atoms with Gasteiger partial charge in [0.25, 0.3) is 5.56 Å². The molecular formula is C19H18N4O3. The summed E-state index contributed by atoms with van der Waals surface area (Å²) in [6, 6.07) is 18.2. The molecule has 7 nitrogen and oxygen atoms in total. The molecule has 0 aliphatic carbocycles. The zero-order valence-corrected chi connectivity index (χ0v) is 14.4. The molecule has 0 fully saturated rings. The van der Waals surface area contributed by atoms with Gasteiger partial charge < -0.3 is 10.4 Å². The van der Waals surface area contributed by atoms with Gasteiger partial charge in [-0.2, -0.15) is 0 Å². The number of aliphatic imine (C=N–C) groups is 1. The lowest BCUT2D eigenvalue weighted by Crippen LogP contribution is -2.41. The number of para-hydroxylation sites is 2. The number of hydrogen-bond donors (Lipinski definition) is 2. The van der Waals surface area contributed by atoms with Gasteiger partial charge in [-0.15, -0.1) is 0 Å². The van der Waals surface area contributed by atoms with Crippen LogP contribution in [0.1, 0.15) is 5.56 Å². The van der Waals surface area contributed by atoms with Crippen molar-refractivity contribution >= 4 is 17.2 Å². The molecule has 26 heavy (non-hydrogen) atoms. The van der Waals surface area contributed by atoms with Crippen molar-refractivity contribution in [3.8, 4) is 5.88 Å². The molecule has 0 amide bonds. The summed E-state index contributed by atoms with van der Waals surface area (Å²) in [5, 5.41) is 13.5. The van der Waals surface area contributed by atoms with E-state index < -0.39 is 17.1 Å². The largest absolute Gasteiger partial charge is 0.494 e. The van der Waals surface area contributed by atoms with Crippen LogP contribution < -0.4 is 16.6 Å². The fourth-order valence-electron chi connectivity index (χ4n) is 2.48. The van der Waals surface area contributed by atoms with Gasteiger partial charge in [0.15, 0.2) is 0 Å². The highest BCUT2D eigenvalue weighted by molar-refractivity contribution is 6.10. The Morgan fingerprint density at radius 1 is 0.923 bits per heavy atom. The van der Waals surface area contributed by atoms with E-state index in [2.05, 4.69) is 10.3 Å². The van der Waals surface area contributed by atoms with Crippen LogP contribution in [-0.4, -0.2) is 20.1 Å². The van der Waals surface area contributed by atoms with Gasteiger partial charge in [-0.25, -0.2) is 9.79 Å². The first kappa shape index (κ1) is 17.2. The van der Waals surface area contributed by atoms with E-state index in [0.717, 1.165) is 9.13 Å². The van der Waals surface area contributed by atoms with E-state index in [-0.39, 0.29) is 11.4 Å². The Kier molecular flexibility index (Phi) is 4.70. The molecule has 1 heterocycles. The Bertz CT molecular complexity index is 1070. The molecule has 2 N–H and O–H groups in total. The van der Waals surface area contributed by atoms with Gasteiger partial charge in [-0.3, -0.25) is 13.9 Å². The molecule has 0 bridgehead atoms. The molecule has 3 rings (SSSR count). The maximum atomic E-state index is 12.7. The molecule has 0 atom stereocenters. The number of anilines is 1. The maximum absolute atomic E-state index is 12.7. The van der Waals surface area contributed by atoms with Crippen molar-refractivity contribution < 1.29 is 5.11 Å². The topological polar surface area (TPSA) is 88.6 Å². The van der Waals surface area contributed by atoms with Gasteiger partial charge in [0.2, 0.25) is 5.88 Å². The standard InChI is InChI=1S/C19H18N4O3/c1-22-17(24)15(18(25)23(2)19(22)26)16(20-13-9-5-3-6-10-13)21-14-11-7-4-8-12-14/h3-12,24H,1-2H3,(H,20,21). The van der Waals surface area contributed by atoms with E-state index in [4.69, 9.17) is 0 Å². The van der Waals surface area contributed by atoms with Crippen molar-refractivity contribution in [3.05, 3.63) is 87.1 Å². The lowest BCUT2D eigenvalue weighted by atomic mass is 10.2. The van der Waals surface area contributed by atoms with Crippen molar-refractivity contribution in [3.63, 3.8) is 0 Å². The number of rotatable bonds is 3. The summed E-state index contributed by atoms with van der Waals surface area (Å²) in [5.74, 6) is -0.299. The van der Waals surface area contributed by atoms with Crippen molar-refractivity contribution in [1.29, 1.82) is 0 Å². The number of hydrogen-bond acceptors (Lipinski definition) is 4. The maximum Gasteiger partial charge on any atom is 0.333 e. The summed E-state index contributed by atoms with van der Waals surface area (Å²) in [7, 11) is 2.75. The average molecular weight is 350 g/mol. The number of aromatic nitrogens is 2. The Labute approximate surface area is 149 Å². The van der Waals surface area contributed by atoms with E-state index in [1.807, 2.05) is 48.5 Å². The number of benzene rings is 2. The van der Waals surface area contributed by atoms with Gasteiger partial charge in [0, 0.05) is 19.8 Å². The molecule has 1 aromatic heterocycles. The average Bonchev–Trinajstić information content (AvgIpc) is 2.66. The zero-order chi connectivity index (χ0) is 18.7. The molecule has 0 aliphatic heterocycles. The van der Waals surface area contributed by atoms with Gasteiger partial charge in [0.1, 0.15) is 11.4 Å². The van der Waals surface area contributed by atoms with Crippen LogP contribution in [0.4, 0.5) is 11.4 Å². The summed E-state index contributed by atoms with van der Waals surface area (Å²) >= 11 is 0. The van der Waals surface area contributed by atoms with E-state index >= 15 is 0 Å². The Hall–Kier alpha value is -3.61. The third-order valence-corrected chi connectivity index (χ3v) is 3.90. The second-order valence-corrected chi connectivity index (χ2v) is 5.69.